The van der Waals surface area contributed by atoms with E-state index in [1.807, 2.05) is 90.9 Å². The van der Waals surface area contributed by atoms with E-state index in [1.165, 1.54) is 0 Å². The van der Waals surface area contributed by atoms with Crippen LogP contribution in [0.3, 0.4) is 0 Å². The lowest BCUT2D eigenvalue weighted by Crippen LogP contribution is -2.02. The number of oxazole rings is 1. The SMILES string of the molecule is CCn1cnc(/C=C/c2cn(-c3ccccc3)nc2OCc2ccc(OCc3nc(-c4ccc(CC(=O)O)cc4)oc3C)c(OC)c2)c1. The zero-order valence-corrected chi connectivity index (χ0v) is 26.9. The number of aromatic nitrogens is 5. The van der Waals surface area contributed by atoms with E-state index in [0.29, 0.717) is 40.3 Å². The van der Waals surface area contributed by atoms with Gasteiger partial charge in [-0.3, -0.25) is 4.79 Å². The number of aryl methyl sites for hydroxylation is 2. The monoisotopic (exact) mass is 645 g/mol. The summed E-state index contributed by atoms with van der Waals surface area (Å²) in [5.74, 6) is 1.77. The molecule has 0 aliphatic rings. The summed E-state index contributed by atoms with van der Waals surface area (Å²) in [5.41, 5.74) is 5.55. The molecule has 48 heavy (non-hydrogen) atoms. The minimum absolute atomic E-state index is 0.0412. The number of para-hydroxylation sites is 1. The molecule has 3 aromatic heterocycles. The predicted molar refractivity (Wildman–Crippen MR) is 180 cm³/mol. The number of ether oxygens (including phenoxy) is 3. The number of hydrogen-bond acceptors (Lipinski definition) is 8. The van der Waals surface area contributed by atoms with Crippen molar-refractivity contribution in [1.29, 1.82) is 0 Å². The average Bonchev–Trinajstić information content (AvgIpc) is 3.84. The normalized spacial score (nSPS) is 11.2. The molecule has 0 atom stereocenters. The van der Waals surface area contributed by atoms with Crippen LogP contribution >= 0.6 is 0 Å². The third-order valence-corrected chi connectivity index (χ3v) is 7.60. The van der Waals surface area contributed by atoms with Gasteiger partial charge in [-0.15, -0.1) is 5.10 Å². The molecule has 11 nitrogen and oxygen atoms in total. The lowest BCUT2D eigenvalue weighted by Gasteiger charge is -2.12. The fourth-order valence-electron chi connectivity index (χ4n) is 4.97. The van der Waals surface area contributed by atoms with Gasteiger partial charge in [0.25, 0.3) is 0 Å². The largest absolute Gasteiger partial charge is 0.493 e. The summed E-state index contributed by atoms with van der Waals surface area (Å²) in [6.07, 6.45) is 9.58. The first-order valence-electron chi connectivity index (χ1n) is 15.4. The van der Waals surface area contributed by atoms with E-state index in [1.54, 1.807) is 36.1 Å². The molecule has 0 fully saturated rings. The molecule has 3 heterocycles. The molecule has 6 rings (SSSR count). The lowest BCUT2D eigenvalue weighted by molar-refractivity contribution is -0.136. The van der Waals surface area contributed by atoms with Crippen molar-refractivity contribution in [2.24, 2.45) is 0 Å². The van der Waals surface area contributed by atoms with E-state index < -0.39 is 5.97 Å². The van der Waals surface area contributed by atoms with Crippen LogP contribution in [0, 0.1) is 6.92 Å². The van der Waals surface area contributed by atoms with Gasteiger partial charge in [-0.1, -0.05) is 36.4 Å². The molecule has 1 N–H and O–H groups in total. The van der Waals surface area contributed by atoms with Gasteiger partial charge in [0.05, 0.1) is 36.8 Å². The number of carboxylic acid groups (broad SMARTS) is 1. The van der Waals surface area contributed by atoms with Crippen molar-refractivity contribution in [2.75, 3.05) is 7.11 Å². The zero-order chi connectivity index (χ0) is 33.5. The number of hydrogen-bond donors (Lipinski definition) is 1. The van der Waals surface area contributed by atoms with Crippen molar-refractivity contribution >= 4 is 18.1 Å². The van der Waals surface area contributed by atoms with E-state index in [0.717, 1.165) is 34.6 Å². The summed E-state index contributed by atoms with van der Waals surface area (Å²) in [6.45, 7) is 5.17. The Hall–Kier alpha value is -6.10. The van der Waals surface area contributed by atoms with Crippen LogP contribution in [-0.2, 0) is 31.0 Å². The molecule has 0 unspecified atom stereocenters. The smallest absolute Gasteiger partial charge is 0.307 e. The topological polar surface area (TPSA) is 127 Å². The van der Waals surface area contributed by atoms with E-state index in [4.69, 9.17) is 28.8 Å². The second-order valence-electron chi connectivity index (χ2n) is 11.0. The summed E-state index contributed by atoms with van der Waals surface area (Å²) in [4.78, 5) is 20.0. The van der Waals surface area contributed by atoms with Gasteiger partial charge >= 0.3 is 5.97 Å². The lowest BCUT2D eigenvalue weighted by atomic mass is 10.1. The first-order chi connectivity index (χ1) is 23.4. The zero-order valence-electron chi connectivity index (χ0n) is 26.9. The Morgan fingerprint density at radius 1 is 0.938 bits per heavy atom. The summed E-state index contributed by atoms with van der Waals surface area (Å²) in [7, 11) is 1.59. The standard InChI is InChI=1S/C37H35N5O6/c1-4-41-21-30(38-24-41)16-15-29-20-42(31-8-6-5-7-9-31)40-37(29)47-22-27-12-17-33(34(18-27)45-3)46-23-32-25(2)48-36(39-32)28-13-10-26(11-14-28)19-35(43)44/h5-18,20-21,24H,4,19,22-23H2,1-3H3,(H,43,44)/b16-15+. The quantitative estimate of drug-likeness (QED) is 0.133. The molecular formula is C37H35N5O6. The molecule has 244 valence electrons. The molecule has 0 saturated carbocycles. The third kappa shape index (κ3) is 7.64. The highest BCUT2D eigenvalue weighted by Crippen LogP contribution is 2.31. The second kappa shape index (κ2) is 14.5. The van der Waals surface area contributed by atoms with Crippen LogP contribution in [-0.4, -0.2) is 42.5 Å². The van der Waals surface area contributed by atoms with Crippen LogP contribution in [0.2, 0.25) is 0 Å². The minimum Gasteiger partial charge on any atom is -0.493 e. The molecule has 0 radical (unpaired) electrons. The molecule has 0 aliphatic carbocycles. The summed E-state index contributed by atoms with van der Waals surface area (Å²) < 4.78 is 27.7. The molecule has 6 aromatic rings. The Kier molecular flexibility index (Phi) is 9.66. The van der Waals surface area contributed by atoms with Gasteiger partial charge in [-0.2, -0.15) is 0 Å². The first-order valence-corrected chi connectivity index (χ1v) is 15.4. The van der Waals surface area contributed by atoms with Gasteiger partial charge in [0.15, 0.2) is 11.5 Å². The Morgan fingerprint density at radius 3 is 2.46 bits per heavy atom. The minimum atomic E-state index is -0.880. The number of carboxylic acids is 1. The van der Waals surface area contributed by atoms with E-state index >= 15 is 0 Å². The fraction of sp³-hybridized carbons (Fsp3) is 0.189. The number of rotatable bonds is 14. The molecule has 0 amide bonds. The van der Waals surface area contributed by atoms with Crippen LogP contribution in [0.15, 0.2) is 95.9 Å². The maximum Gasteiger partial charge on any atom is 0.307 e. The predicted octanol–water partition coefficient (Wildman–Crippen LogP) is 7.02. The van der Waals surface area contributed by atoms with Crippen LogP contribution < -0.4 is 14.2 Å². The van der Waals surface area contributed by atoms with Crippen molar-refractivity contribution in [1.82, 2.24) is 24.3 Å². The van der Waals surface area contributed by atoms with Crippen LogP contribution in [0.5, 0.6) is 17.4 Å². The Balaban J connectivity index is 1.14. The molecule has 0 spiro atoms. The van der Waals surface area contributed by atoms with Gasteiger partial charge in [-0.25, -0.2) is 14.6 Å². The highest BCUT2D eigenvalue weighted by molar-refractivity contribution is 5.71. The summed E-state index contributed by atoms with van der Waals surface area (Å²) in [5, 5.41) is 13.7. The van der Waals surface area contributed by atoms with Crippen LogP contribution in [0.1, 0.15) is 40.8 Å². The molecule has 11 heteroatoms. The van der Waals surface area contributed by atoms with Gasteiger partial charge < -0.3 is 28.3 Å². The van der Waals surface area contributed by atoms with Crippen molar-refractivity contribution in [3.8, 4) is 34.5 Å². The van der Waals surface area contributed by atoms with Gasteiger partial charge in [0.2, 0.25) is 11.8 Å². The number of methoxy groups -OCH3 is 1. The molecular weight excluding hydrogens is 610 g/mol. The summed E-state index contributed by atoms with van der Waals surface area (Å²) >= 11 is 0. The Morgan fingerprint density at radius 2 is 1.73 bits per heavy atom. The molecule has 0 aliphatic heterocycles. The highest BCUT2D eigenvalue weighted by atomic mass is 16.5. The number of imidazole rings is 1. The Labute approximate surface area is 277 Å². The van der Waals surface area contributed by atoms with Crippen molar-refractivity contribution in [3.05, 3.63) is 125 Å². The van der Waals surface area contributed by atoms with Crippen molar-refractivity contribution < 1.29 is 28.5 Å². The maximum absolute atomic E-state index is 11.0. The number of nitrogens with zero attached hydrogens (tertiary/aromatic N) is 5. The molecule has 3 aromatic carbocycles. The fourth-order valence-corrected chi connectivity index (χ4v) is 4.97. The van der Waals surface area contributed by atoms with E-state index in [-0.39, 0.29) is 19.6 Å². The van der Waals surface area contributed by atoms with Gasteiger partial charge in [0.1, 0.15) is 24.7 Å². The number of aliphatic carboxylic acids is 1. The van der Waals surface area contributed by atoms with Crippen LogP contribution in [0.25, 0.3) is 29.3 Å². The van der Waals surface area contributed by atoms with E-state index in [9.17, 15) is 4.79 Å². The Bertz CT molecular complexity index is 2030. The van der Waals surface area contributed by atoms with Crippen molar-refractivity contribution in [2.45, 2.75) is 40.0 Å². The molecule has 0 saturated heterocycles. The number of benzene rings is 3. The van der Waals surface area contributed by atoms with Crippen molar-refractivity contribution in [3.63, 3.8) is 0 Å². The first kappa shape index (κ1) is 31.9. The highest BCUT2D eigenvalue weighted by Gasteiger charge is 2.15. The number of carbonyl (C=O) groups is 1. The maximum atomic E-state index is 11.0. The van der Waals surface area contributed by atoms with Gasteiger partial charge in [-0.05, 0) is 73.5 Å². The van der Waals surface area contributed by atoms with Crippen LogP contribution in [0.4, 0.5) is 0 Å². The molecule has 0 bridgehead atoms. The second-order valence-corrected chi connectivity index (χ2v) is 11.0. The third-order valence-electron chi connectivity index (χ3n) is 7.60. The average molecular weight is 646 g/mol. The van der Waals surface area contributed by atoms with E-state index in [2.05, 4.69) is 16.9 Å². The summed E-state index contributed by atoms with van der Waals surface area (Å²) in [6, 6.07) is 22.6. The van der Waals surface area contributed by atoms with Gasteiger partial charge in [0, 0.05) is 24.5 Å².